The fraction of sp³-hybridized carbons (Fsp3) is 0.333. The highest BCUT2D eigenvalue weighted by molar-refractivity contribution is 6.29. The first-order chi connectivity index (χ1) is 7.93. The van der Waals surface area contributed by atoms with Gasteiger partial charge in [-0.3, -0.25) is 14.9 Å². The first-order valence-electron chi connectivity index (χ1n) is 4.79. The molecule has 1 aromatic heterocycles. The Kier molecular flexibility index (Phi) is 4.22. The van der Waals surface area contributed by atoms with Crippen molar-refractivity contribution < 1.29 is 9.72 Å². The highest BCUT2D eigenvalue weighted by Crippen LogP contribution is 2.22. The zero-order chi connectivity index (χ0) is 13.0. The van der Waals surface area contributed by atoms with Crippen molar-refractivity contribution in [3.8, 4) is 0 Å². The second-order valence-corrected chi connectivity index (χ2v) is 3.63. The molecule has 0 aromatic carbocycles. The van der Waals surface area contributed by atoms with Crippen LogP contribution in [0.1, 0.15) is 6.92 Å². The van der Waals surface area contributed by atoms with Gasteiger partial charge in [0.1, 0.15) is 11.0 Å². The molecule has 8 heteroatoms. The fourth-order valence-corrected chi connectivity index (χ4v) is 1.48. The van der Waals surface area contributed by atoms with E-state index in [1.807, 2.05) is 0 Å². The number of nitro groups is 1. The van der Waals surface area contributed by atoms with Gasteiger partial charge in [-0.1, -0.05) is 11.6 Å². The van der Waals surface area contributed by atoms with Crippen molar-refractivity contribution in [2.45, 2.75) is 6.92 Å². The summed E-state index contributed by atoms with van der Waals surface area (Å²) in [4.78, 5) is 26.3. The van der Waals surface area contributed by atoms with Crippen LogP contribution in [0, 0.1) is 10.1 Å². The van der Waals surface area contributed by atoms with Crippen molar-refractivity contribution in [3.63, 3.8) is 0 Å². The van der Waals surface area contributed by atoms with Crippen molar-refractivity contribution >= 4 is 29.0 Å². The number of anilines is 1. The summed E-state index contributed by atoms with van der Waals surface area (Å²) < 4.78 is 0. The Labute approximate surface area is 102 Å². The number of hydrogen-bond acceptors (Lipinski definition) is 5. The lowest BCUT2D eigenvalue weighted by Gasteiger charge is -2.19. The number of amides is 1. The summed E-state index contributed by atoms with van der Waals surface area (Å²) in [6.07, 6.45) is 0. The normalized spacial score (nSPS) is 10.0. The van der Waals surface area contributed by atoms with Gasteiger partial charge in [-0.05, 0) is 6.92 Å². The smallest absolute Gasteiger partial charge is 0.276 e. The number of nitrogens with zero attached hydrogens (tertiary/aromatic N) is 3. The number of halogens is 1. The molecule has 1 aromatic rings. The fourth-order valence-electron chi connectivity index (χ4n) is 1.28. The third kappa shape index (κ3) is 3.56. The molecule has 0 unspecified atom stereocenters. The van der Waals surface area contributed by atoms with E-state index in [1.165, 1.54) is 11.0 Å². The minimum Gasteiger partial charge on any atom is -0.368 e. The topological polar surface area (TPSA) is 102 Å². The molecular weight excluding hydrogens is 248 g/mol. The Morgan fingerprint density at radius 2 is 2.29 bits per heavy atom. The van der Waals surface area contributed by atoms with Crippen LogP contribution in [0.3, 0.4) is 0 Å². The van der Waals surface area contributed by atoms with Gasteiger partial charge in [0, 0.05) is 6.54 Å². The Morgan fingerprint density at radius 3 is 2.76 bits per heavy atom. The van der Waals surface area contributed by atoms with E-state index >= 15 is 0 Å². The third-order valence-corrected chi connectivity index (χ3v) is 2.22. The van der Waals surface area contributed by atoms with Crippen molar-refractivity contribution in [3.05, 3.63) is 27.4 Å². The molecule has 92 valence electrons. The second kappa shape index (κ2) is 5.44. The molecule has 0 aliphatic carbocycles. The monoisotopic (exact) mass is 258 g/mol. The molecule has 0 saturated heterocycles. The van der Waals surface area contributed by atoms with Gasteiger partial charge in [-0.15, -0.1) is 0 Å². The summed E-state index contributed by atoms with van der Waals surface area (Å²) in [6.45, 7) is 2.14. The molecule has 0 aliphatic rings. The summed E-state index contributed by atoms with van der Waals surface area (Å²) in [5, 5.41) is 10.6. The van der Waals surface area contributed by atoms with Crippen LogP contribution in [-0.2, 0) is 4.79 Å². The van der Waals surface area contributed by atoms with Crippen LogP contribution in [0.2, 0.25) is 5.15 Å². The molecular formula is C9H11ClN4O3. The van der Waals surface area contributed by atoms with Gasteiger partial charge in [-0.2, -0.15) is 0 Å². The number of nitrogens with two attached hydrogens (primary N) is 1. The lowest BCUT2D eigenvalue weighted by molar-refractivity contribution is -0.384. The average molecular weight is 259 g/mol. The Morgan fingerprint density at radius 1 is 1.65 bits per heavy atom. The average Bonchev–Trinajstić information content (AvgIpc) is 2.24. The maximum Gasteiger partial charge on any atom is 0.276 e. The van der Waals surface area contributed by atoms with E-state index in [1.54, 1.807) is 6.92 Å². The van der Waals surface area contributed by atoms with Gasteiger partial charge < -0.3 is 10.6 Å². The molecule has 0 fully saturated rings. The Hall–Kier alpha value is -1.89. The molecule has 0 radical (unpaired) electrons. The molecule has 0 bridgehead atoms. The number of likely N-dealkylation sites (N-methyl/N-ethyl adjacent to an activating group) is 1. The summed E-state index contributed by atoms with van der Waals surface area (Å²) in [7, 11) is 0. The molecule has 0 saturated carbocycles. The van der Waals surface area contributed by atoms with Crippen molar-refractivity contribution in [1.82, 2.24) is 4.98 Å². The number of primary amides is 1. The predicted octanol–water partition coefficient (Wildman–Crippen LogP) is 0.955. The van der Waals surface area contributed by atoms with E-state index in [2.05, 4.69) is 4.98 Å². The van der Waals surface area contributed by atoms with Gasteiger partial charge in [0.15, 0.2) is 0 Å². The van der Waals surface area contributed by atoms with Crippen LogP contribution in [0.25, 0.3) is 0 Å². The maximum atomic E-state index is 10.8. The van der Waals surface area contributed by atoms with E-state index in [0.29, 0.717) is 6.54 Å². The van der Waals surface area contributed by atoms with E-state index in [9.17, 15) is 14.9 Å². The van der Waals surface area contributed by atoms with Crippen molar-refractivity contribution in [2.24, 2.45) is 5.73 Å². The van der Waals surface area contributed by atoms with Crippen LogP contribution in [0.4, 0.5) is 11.5 Å². The zero-order valence-electron chi connectivity index (χ0n) is 9.09. The highest BCUT2D eigenvalue weighted by Gasteiger charge is 2.15. The zero-order valence-corrected chi connectivity index (χ0v) is 9.85. The highest BCUT2D eigenvalue weighted by atomic mass is 35.5. The van der Waals surface area contributed by atoms with Crippen LogP contribution in [-0.4, -0.2) is 28.9 Å². The first-order valence-corrected chi connectivity index (χ1v) is 5.17. The van der Waals surface area contributed by atoms with Crippen LogP contribution >= 0.6 is 11.6 Å². The van der Waals surface area contributed by atoms with Gasteiger partial charge >= 0.3 is 0 Å². The molecule has 1 heterocycles. The lowest BCUT2D eigenvalue weighted by Crippen LogP contribution is -2.34. The quantitative estimate of drug-likeness (QED) is 0.481. The third-order valence-electron chi connectivity index (χ3n) is 2.03. The largest absolute Gasteiger partial charge is 0.368 e. The molecule has 0 aliphatic heterocycles. The predicted molar refractivity (Wildman–Crippen MR) is 63.0 cm³/mol. The van der Waals surface area contributed by atoms with E-state index in [4.69, 9.17) is 17.3 Å². The molecule has 1 amide bonds. The summed E-state index contributed by atoms with van der Waals surface area (Å²) in [5.74, 6) is -0.290. The Bertz CT molecular complexity index is 452. The summed E-state index contributed by atoms with van der Waals surface area (Å²) in [6, 6.07) is 2.39. The number of hydrogen-bond donors (Lipinski definition) is 1. The van der Waals surface area contributed by atoms with Gasteiger partial charge in [-0.25, -0.2) is 4.98 Å². The van der Waals surface area contributed by atoms with E-state index < -0.39 is 10.8 Å². The SMILES string of the molecule is CCN(CC(N)=O)c1cc([N+](=O)[O-])cc(Cl)n1. The van der Waals surface area contributed by atoms with E-state index in [-0.39, 0.29) is 23.2 Å². The minimum absolute atomic E-state index is 0.00267. The van der Waals surface area contributed by atoms with Crippen molar-refractivity contribution in [2.75, 3.05) is 18.0 Å². The minimum atomic E-state index is -0.574. The standard InChI is InChI=1S/C9H11ClN4O3/c1-2-13(5-8(11)15)9-4-6(14(16)17)3-7(10)12-9/h3-4H,2,5H2,1H3,(H2,11,15). The second-order valence-electron chi connectivity index (χ2n) is 3.24. The summed E-state index contributed by atoms with van der Waals surface area (Å²) >= 11 is 5.67. The molecule has 1 rings (SSSR count). The van der Waals surface area contributed by atoms with Gasteiger partial charge in [0.25, 0.3) is 5.69 Å². The van der Waals surface area contributed by atoms with Gasteiger partial charge in [0.2, 0.25) is 5.91 Å². The molecule has 0 spiro atoms. The number of carbonyl (C=O) groups is 1. The lowest BCUT2D eigenvalue weighted by atomic mass is 10.3. The maximum absolute atomic E-state index is 10.8. The van der Waals surface area contributed by atoms with Crippen LogP contribution in [0.5, 0.6) is 0 Å². The first kappa shape index (κ1) is 13.2. The van der Waals surface area contributed by atoms with Crippen LogP contribution < -0.4 is 10.6 Å². The molecule has 0 atom stereocenters. The number of aromatic nitrogens is 1. The molecule has 17 heavy (non-hydrogen) atoms. The number of carbonyl (C=O) groups excluding carboxylic acids is 1. The number of rotatable bonds is 5. The van der Waals surface area contributed by atoms with Gasteiger partial charge in [0.05, 0.1) is 23.6 Å². The number of pyridine rings is 1. The van der Waals surface area contributed by atoms with Crippen molar-refractivity contribution in [1.29, 1.82) is 0 Å². The van der Waals surface area contributed by atoms with Crippen LogP contribution in [0.15, 0.2) is 12.1 Å². The Balaban J connectivity index is 3.10. The molecule has 7 nitrogen and oxygen atoms in total. The summed E-state index contributed by atoms with van der Waals surface area (Å²) in [5.41, 5.74) is 4.89. The van der Waals surface area contributed by atoms with E-state index in [0.717, 1.165) is 6.07 Å². The molecule has 2 N–H and O–H groups in total.